The lowest BCUT2D eigenvalue weighted by molar-refractivity contribution is 0.0702. The molecule has 6 nitrogen and oxygen atoms in total. The molecule has 0 saturated carbocycles. The van der Waals surface area contributed by atoms with Crippen molar-refractivity contribution in [1.82, 2.24) is 19.5 Å². The molecule has 2 atom stereocenters. The molecule has 2 aliphatic rings. The first-order valence-corrected chi connectivity index (χ1v) is 8.59. The summed E-state index contributed by atoms with van der Waals surface area (Å²) in [7, 11) is 1.93. The summed E-state index contributed by atoms with van der Waals surface area (Å²) < 4.78 is 7.19. The second kappa shape index (κ2) is 5.77. The molecule has 4 heterocycles. The van der Waals surface area contributed by atoms with Gasteiger partial charge in [-0.2, -0.15) is 0 Å². The van der Waals surface area contributed by atoms with Gasteiger partial charge in [-0.05, 0) is 38.3 Å². The second-order valence-electron chi connectivity index (χ2n) is 7.21. The third-order valence-electron chi connectivity index (χ3n) is 5.47. The molecular weight excluding hydrogens is 304 g/mol. The SMILES string of the molecule is Cc1noc(C)c1CN1C[C@H]2C[C@@H](C1)N(C(=O)c1cccn1C)C2. The number of fused-ring (bicyclic) bond motifs is 2. The van der Waals surface area contributed by atoms with E-state index in [-0.39, 0.29) is 5.91 Å². The number of hydrogen-bond acceptors (Lipinski definition) is 4. The van der Waals surface area contributed by atoms with Crippen molar-refractivity contribution in [3.05, 3.63) is 41.0 Å². The van der Waals surface area contributed by atoms with Gasteiger partial charge in [-0.1, -0.05) is 5.16 Å². The first kappa shape index (κ1) is 15.4. The largest absolute Gasteiger partial charge is 0.361 e. The third kappa shape index (κ3) is 2.55. The lowest BCUT2D eigenvalue weighted by atomic mass is 9.99. The maximum atomic E-state index is 12.9. The summed E-state index contributed by atoms with van der Waals surface area (Å²) in [6.07, 6.45) is 3.05. The van der Waals surface area contributed by atoms with Crippen LogP contribution in [-0.4, -0.2) is 51.1 Å². The topological polar surface area (TPSA) is 54.5 Å². The van der Waals surface area contributed by atoms with Crippen LogP contribution in [-0.2, 0) is 13.6 Å². The van der Waals surface area contributed by atoms with E-state index < -0.39 is 0 Å². The van der Waals surface area contributed by atoms with E-state index in [0.717, 1.165) is 49.7 Å². The summed E-state index contributed by atoms with van der Waals surface area (Å²) in [6.45, 7) is 7.66. The lowest BCUT2D eigenvalue weighted by Gasteiger charge is -2.32. The van der Waals surface area contributed by atoms with E-state index in [1.807, 2.05) is 43.8 Å². The van der Waals surface area contributed by atoms with Crippen molar-refractivity contribution in [3.8, 4) is 0 Å². The number of aromatic nitrogens is 2. The number of amides is 1. The summed E-state index contributed by atoms with van der Waals surface area (Å²) in [6, 6.07) is 4.15. The van der Waals surface area contributed by atoms with Crippen molar-refractivity contribution in [2.45, 2.75) is 32.9 Å². The number of likely N-dealkylation sites (tertiary alicyclic amines) is 2. The molecule has 2 fully saturated rings. The Morgan fingerprint density at radius 2 is 2.17 bits per heavy atom. The van der Waals surface area contributed by atoms with Crippen LogP contribution < -0.4 is 0 Å². The molecule has 0 aliphatic carbocycles. The normalized spacial score (nSPS) is 23.9. The Morgan fingerprint density at radius 3 is 2.83 bits per heavy atom. The Labute approximate surface area is 142 Å². The predicted molar refractivity (Wildman–Crippen MR) is 89.6 cm³/mol. The van der Waals surface area contributed by atoms with Gasteiger partial charge in [-0.15, -0.1) is 0 Å². The standard InChI is InChI=1S/C18H24N4O2/c1-12-16(13(2)24-19-12)11-21-8-14-7-15(10-21)22(9-14)18(23)17-5-4-6-20(17)3/h4-6,14-15H,7-11H2,1-3H3/t14-,15+/m1/s1. The van der Waals surface area contributed by atoms with E-state index in [1.54, 1.807) is 0 Å². The maximum Gasteiger partial charge on any atom is 0.270 e. The summed E-state index contributed by atoms with van der Waals surface area (Å²) in [5, 5.41) is 4.05. The zero-order chi connectivity index (χ0) is 16.8. The van der Waals surface area contributed by atoms with E-state index in [2.05, 4.69) is 15.0 Å². The number of aryl methyl sites for hydroxylation is 3. The molecule has 0 unspecified atom stereocenters. The first-order chi connectivity index (χ1) is 11.5. The van der Waals surface area contributed by atoms with Crippen molar-refractivity contribution >= 4 is 5.91 Å². The molecule has 6 heteroatoms. The molecule has 128 valence electrons. The van der Waals surface area contributed by atoms with Crippen molar-refractivity contribution in [1.29, 1.82) is 0 Å². The van der Waals surface area contributed by atoms with Crippen LogP contribution in [0.3, 0.4) is 0 Å². The van der Waals surface area contributed by atoms with Crippen LogP contribution in [0.5, 0.6) is 0 Å². The molecule has 4 rings (SSSR count). The fourth-order valence-corrected chi connectivity index (χ4v) is 4.22. The lowest BCUT2D eigenvalue weighted by Crippen LogP contribution is -2.44. The molecule has 2 aromatic rings. The molecule has 24 heavy (non-hydrogen) atoms. The Bertz CT molecular complexity index is 743. The van der Waals surface area contributed by atoms with Gasteiger partial charge in [0.1, 0.15) is 11.5 Å². The van der Waals surface area contributed by atoms with E-state index in [4.69, 9.17) is 4.52 Å². The Kier molecular flexibility index (Phi) is 3.72. The van der Waals surface area contributed by atoms with Crippen LogP contribution in [0.4, 0.5) is 0 Å². The first-order valence-electron chi connectivity index (χ1n) is 8.59. The van der Waals surface area contributed by atoms with Crippen molar-refractivity contribution in [3.63, 3.8) is 0 Å². The average molecular weight is 328 g/mol. The number of nitrogens with zero attached hydrogens (tertiary/aromatic N) is 4. The Balaban J connectivity index is 1.48. The van der Waals surface area contributed by atoms with Crippen molar-refractivity contribution in [2.75, 3.05) is 19.6 Å². The molecule has 0 N–H and O–H groups in total. The molecule has 2 saturated heterocycles. The highest BCUT2D eigenvalue weighted by Gasteiger charge is 2.41. The zero-order valence-corrected chi connectivity index (χ0v) is 14.5. The minimum Gasteiger partial charge on any atom is -0.361 e. The number of piperidine rings is 1. The molecule has 0 radical (unpaired) electrons. The predicted octanol–water partition coefficient (Wildman–Crippen LogP) is 1.98. The number of carbonyl (C=O) groups excluding carboxylic acids is 1. The van der Waals surface area contributed by atoms with E-state index in [1.165, 1.54) is 5.56 Å². The molecule has 0 spiro atoms. The van der Waals surface area contributed by atoms with Gasteiger partial charge in [0.25, 0.3) is 5.91 Å². The Morgan fingerprint density at radius 1 is 1.33 bits per heavy atom. The minimum atomic E-state index is 0.161. The van der Waals surface area contributed by atoms with Crippen LogP contribution in [0.1, 0.15) is 33.9 Å². The molecule has 2 bridgehead atoms. The molecule has 2 aromatic heterocycles. The average Bonchev–Trinajstić information content (AvgIpc) is 3.20. The van der Waals surface area contributed by atoms with E-state index in [0.29, 0.717) is 12.0 Å². The summed E-state index contributed by atoms with van der Waals surface area (Å²) in [4.78, 5) is 17.4. The van der Waals surface area contributed by atoms with Crippen LogP contribution in [0.15, 0.2) is 22.9 Å². The van der Waals surface area contributed by atoms with Crippen LogP contribution >= 0.6 is 0 Å². The zero-order valence-electron chi connectivity index (χ0n) is 14.5. The van der Waals surface area contributed by atoms with Crippen LogP contribution in [0.2, 0.25) is 0 Å². The van der Waals surface area contributed by atoms with Gasteiger partial charge < -0.3 is 14.0 Å². The highest BCUT2D eigenvalue weighted by molar-refractivity contribution is 5.93. The minimum absolute atomic E-state index is 0.161. The maximum absolute atomic E-state index is 12.9. The van der Waals surface area contributed by atoms with Gasteiger partial charge >= 0.3 is 0 Å². The molecule has 2 aliphatic heterocycles. The van der Waals surface area contributed by atoms with E-state index in [9.17, 15) is 4.79 Å². The van der Waals surface area contributed by atoms with Crippen molar-refractivity contribution < 1.29 is 9.32 Å². The highest BCUT2D eigenvalue weighted by Crippen LogP contribution is 2.32. The second-order valence-corrected chi connectivity index (χ2v) is 7.21. The fraction of sp³-hybridized carbons (Fsp3) is 0.556. The number of rotatable bonds is 3. The third-order valence-corrected chi connectivity index (χ3v) is 5.47. The fourth-order valence-electron chi connectivity index (χ4n) is 4.22. The number of hydrogen-bond donors (Lipinski definition) is 0. The van der Waals surface area contributed by atoms with Gasteiger partial charge in [0.15, 0.2) is 0 Å². The van der Waals surface area contributed by atoms with Gasteiger partial charge in [-0.25, -0.2) is 0 Å². The molecule has 0 aromatic carbocycles. The van der Waals surface area contributed by atoms with Crippen LogP contribution in [0.25, 0.3) is 0 Å². The van der Waals surface area contributed by atoms with Gasteiger partial charge in [0, 0.05) is 51.0 Å². The summed E-state index contributed by atoms with van der Waals surface area (Å²) >= 11 is 0. The smallest absolute Gasteiger partial charge is 0.270 e. The quantitative estimate of drug-likeness (QED) is 0.864. The summed E-state index contributed by atoms with van der Waals surface area (Å²) in [5.74, 6) is 1.63. The van der Waals surface area contributed by atoms with E-state index >= 15 is 0 Å². The molecular formula is C18H24N4O2. The van der Waals surface area contributed by atoms with Crippen LogP contribution in [0, 0.1) is 19.8 Å². The van der Waals surface area contributed by atoms with Crippen molar-refractivity contribution in [2.24, 2.45) is 13.0 Å². The highest BCUT2D eigenvalue weighted by atomic mass is 16.5. The summed E-state index contributed by atoms with van der Waals surface area (Å²) in [5.41, 5.74) is 2.94. The molecule has 1 amide bonds. The Hall–Kier alpha value is -2.08. The monoisotopic (exact) mass is 328 g/mol. The van der Waals surface area contributed by atoms with Gasteiger partial charge in [0.2, 0.25) is 0 Å². The van der Waals surface area contributed by atoms with Gasteiger partial charge in [-0.3, -0.25) is 9.69 Å². The number of carbonyl (C=O) groups is 1. The van der Waals surface area contributed by atoms with Gasteiger partial charge in [0.05, 0.1) is 5.69 Å².